The zero-order valence-corrected chi connectivity index (χ0v) is 22.0. The number of ether oxygens (including phenoxy) is 3. The predicted octanol–water partition coefficient (Wildman–Crippen LogP) is 2.77. The van der Waals surface area contributed by atoms with Crippen molar-refractivity contribution in [3.63, 3.8) is 0 Å². The van der Waals surface area contributed by atoms with E-state index in [1.807, 2.05) is 19.1 Å². The number of nitrogens with one attached hydrogen (secondary N) is 1. The van der Waals surface area contributed by atoms with Gasteiger partial charge in [0.15, 0.2) is 0 Å². The van der Waals surface area contributed by atoms with E-state index in [0.717, 1.165) is 18.4 Å². The van der Waals surface area contributed by atoms with Gasteiger partial charge in [0, 0.05) is 50.2 Å². The fraction of sp³-hybridized carbons (Fsp3) is 0.483. The molecule has 3 fully saturated rings. The van der Waals surface area contributed by atoms with Crippen molar-refractivity contribution in [2.45, 2.75) is 50.5 Å². The summed E-state index contributed by atoms with van der Waals surface area (Å²) in [5.74, 6) is 0.125. The van der Waals surface area contributed by atoms with Crippen molar-refractivity contribution in [1.82, 2.24) is 15.1 Å². The summed E-state index contributed by atoms with van der Waals surface area (Å²) in [6.07, 6.45) is 2.74. The molecular weight excluding hydrogens is 486 g/mol. The van der Waals surface area contributed by atoms with Crippen molar-refractivity contribution < 1.29 is 28.6 Å². The van der Waals surface area contributed by atoms with Crippen LogP contribution < -0.4 is 10.1 Å². The first kappa shape index (κ1) is 26.2. The van der Waals surface area contributed by atoms with E-state index in [4.69, 9.17) is 14.2 Å². The molecule has 9 heteroatoms. The molecule has 0 unspecified atom stereocenters. The van der Waals surface area contributed by atoms with Crippen LogP contribution in [0.25, 0.3) is 0 Å². The normalized spacial score (nSPS) is 22.5. The molecule has 3 saturated heterocycles. The summed E-state index contributed by atoms with van der Waals surface area (Å²) in [7, 11) is 1.59. The monoisotopic (exact) mass is 521 g/mol. The highest BCUT2D eigenvalue weighted by atomic mass is 16.5. The van der Waals surface area contributed by atoms with Gasteiger partial charge in [-0.15, -0.1) is 0 Å². The summed E-state index contributed by atoms with van der Waals surface area (Å²) in [6, 6.07) is 13.6. The van der Waals surface area contributed by atoms with E-state index in [2.05, 4.69) is 5.32 Å². The van der Waals surface area contributed by atoms with E-state index in [1.54, 1.807) is 53.3 Å². The summed E-state index contributed by atoms with van der Waals surface area (Å²) in [6.45, 7) is 4.02. The summed E-state index contributed by atoms with van der Waals surface area (Å²) < 4.78 is 17.1. The Morgan fingerprint density at radius 1 is 1.00 bits per heavy atom. The molecule has 3 amide bonds. The van der Waals surface area contributed by atoms with Gasteiger partial charge in [0.2, 0.25) is 5.91 Å². The molecule has 0 bridgehead atoms. The quantitative estimate of drug-likeness (QED) is 0.628. The number of methoxy groups -OCH3 is 1. The zero-order valence-electron chi connectivity index (χ0n) is 22.0. The van der Waals surface area contributed by atoms with Crippen LogP contribution >= 0.6 is 0 Å². The number of likely N-dealkylation sites (tertiary alicyclic amines) is 1. The number of rotatable bonds is 6. The first-order valence-corrected chi connectivity index (χ1v) is 13.3. The predicted molar refractivity (Wildman–Crippen MR) is 140 cm³/mol. The van der Waals surface area contributed by atoms with Crippen molar-refractivity contribution in [3.05, 3.63) is 65.2 Å². The van der Waals surface area contributed by atoms with Crippen LogP contribution in [0, 0.1) is 6.92 Å². The number of carbonyl (C=O) groups excluding carboxylic acids is 3. The van der Waals surface area contributed by atoms with Crippen LogP contribution in [0.2, 0.25) is 0 Å². The van der Waals surface area contributed by atoms with Crippen LogP contribution in [0.1, 0.15) is 52.0 Å². The maximum Gasteiger partial charge on any atom is 0.256 e. The standard InChI is InChI=1S/C29H35N3O6/c1-20-5-7-22(8-6-20)28(35)32-25(26(33)30-18-24-4-3-17-37-24)19-38-29(32)13-15-31(16-14-29)27(34)21-9-11-23(36-2)12-10-21/h5-12,24-25H,3-4,13-19H2,1-2H3,(H,30,33)/t24-,25-/m0/s1. The van der Waals surface area contributed by atoms with E-state index >= 15 is 0 Å². The van der Waals surface area contributed by atoms with Crippen molar-refractivity contribution in [3.8, 4) is 5.75 Å². The maximum atomic E-state index is 13.9. The highest BCUT2D eigenvalue weighted by molar-refractivity contribution is 5.98. The van der Waals surface area contributed by atoms with Crippen LogP contribution in [-0.2, 0) is 14.3 Å². The molecule has 3 heterocycles. The number of nitrogens with zero attached hydrogens (tertiary/aromatic N) is 2. The highest BCUT2D eigenvalue weighted by Gasteiger charge is 2.54. The Morgan fingerprint density at radius 3 is 2.29 bits per heavy atom. The van der Waals surface area contributed by atoms with E-state index in [0.29, 0.717) is 56.0 Å². The average Bonchev–Trinajstić information content (AvgIpc) is 3.60. The van der Waals surface area contributed by atoms with Gasteiger partial charge < -0.3 is 24.4 Å². The summed E-state index contributed by atoms with van der Waals surface area (Å²) >= 11 is 0. The number of aryl methyl sites for hydroxylation is 1. The zero-order chi connectivity index (χ0) is 26.7. The molecule has 2 atom stereocenters. The van der Waals surface area contributed by atoms with Crippen LogP contribution in [0.4, 0.5) is 0 Å². The van der Waals surface area contributed by atoms with Gasteiger partial charge in [0.25, 0.3) is 11.8 Å². The number of amides is 3. The minimum absolute atomic E-state index is 0.00341. The van der Waals surface area contributed by atoms with Crippen LogP contribution in [0.15, 0.2) is 48.5 Å². The third-order valence-corrected chi connectivity index (χ3v) is 7.78. The topological polar surface area (TPSA) is 97.4 Å². The van der Waals surface area contributed by atoms with E-state index < -0.39 is 11.8 Å². The first-order valence-electron chi connectivity index (χ1n) is 13.3. The second-order valence-electron chi connectivity index (χ2n) is 10.2. The van der Waals surface area contributed by atoms with Crippen molar-refractivity contribution >= 4 is 17.7 Å². The molecule has 0 radical (unpaired) electrons. The second-order valence-corrected chi connectivity index (χ2v) is 10.2. The molecule has 5 rings (SSSR count). The number of carbonyl (C=O) groups is 3. The molecule has 2 aromatic rings. The molecule has 1 spiro atoms. The van der Waals surface area contributed by atoms with Gasteiger partial charge in [0.1, 0.15) is 17.5 Å². The lowest BCUT2D eigenvalue weighted by Crippen LogP contribution is -2.60. The first-order chi connectivity index (χ1) is 18.4. The Balaban J connectivity index is 1.33. The molecular formula is C29H35N3O6. The number of hydrogen-bond acceptors (Lipinski definition) is 6. The second kappa shape index (κ2) is 11.1. The molecule has 202 valence electrons. The van der Waals surface area contributed by atoms with Gasteiger partial charge in [-0.2, -0.15) is 0 Å². The Bertz CT molecular complexity index is 1150. The van der Waals surface area contributed by atoms with Gasteiger partial charge in [-0.05, 0) is 56.2 Å². The fourth-order valence-electron chi connectivity index (χ4n) is 5.52. The molecule has 1 N–H and O–H groups in total. The van der Waals surface area contributed by atoms with Gasteiger partial charge in [-0.1, -0.05) is 17.7 Å². The van der Waals surface area contributed by atoms with Gasteiger partial charge in [0.05, 0.1) is 19.8 Å². The van der Waals surface area contributed by atoms with Gasteiger partial charge in [-0.3, -0.25) is 19.3 Å². The van der Waals surface area contributed by atoms with E-state index in [9.17, 15) is 14.4 Å². The summed E-state index contributed by atoms with van der Waals surface area (Å²) in [5.41, 5.74) is 1.18. The third-order valence-electron chi connectivity index (χ3n) is 7.78. The Morgan fingerprint density at radius 2 is 1.66 bits per heavy atom. The van der Waals surface area contributed by atoms with Crippen molar-refractivity contribution in [2.75, 3.05) is 40.0 Å². The molecule has 3 aliphatic rings. The van der Waals surface area contributed by atoms with Crippen LogP contribution in [-0.4, -0.2) is 85.3 Å². The lowest BCUT2D eigenvalue weighted by Gasteiger charge is -2.44. The molecule has 0 saturated carbocycles. The number of hydrogen-bond donors (Lipinski definition) is 1. The summed E-state index contributed by atoms with van der Waals surface area (Å²) in [4.78, 5) is 43.7. The SMILES string of the molecule is COc1ccc(C(=O)N2CCC3(CC2)OC[C@@H](C(=O)NC[C@@H]2CCCO2)N3C(=O)c2ccc(C)cc2)cc1. The Labute approximate surface area is 223 Å². The lowest BCUT2D eigenvalue weighted by molar-refractivity contribution is -0.128. The lowest BCUT2D eigenvalue weighted by atomic mass is 9.96. The maximum absolute atomic E-state index is 13.9. The van der Waals surface area contributed by atoms with E-state index in [-0.39, 0.29) is 30.4 Å². The molecule has 9 nitrogen and oxygen atoms in total. The minimum atomic E-state index is -0.954. The fourth-order valence-corrected chi connectivity index (χ4v) is 5.52. The highest BCUT2D eigenvalue weighted by Crippen LogP contribution is 2.39. The van der Waals surface area contributed by atoms with Gasteiger partial charge in [-0.25, -0.2) is 0 Å². The Hall–Kier alpha value is -3.43. The number of piperidine rings is 1. The molecule has 38 heavy (non-hydrogen) atoms. The largest absolute Gasteiger partial charge is 0.497 e. The average molecular weight is 522 g/mol. The number of benzene rings is 2. The van der Waals surface area contributed by atoms with Crippen molar-refractivity contribution in [2.24, 2.45) is 0 Å². The minimum Gasteiger partial charge on any atom is -0.497 e. The third kappa shape index (κ3) is 5.26. The molecule has 0 aliphatic carbocycles. The molecule has 2 aromatic carbocycles. The smallest absolute Gasteiger partial charge is 0.256 e. The van der Waals surface area contributed by atoms with Gasteiger partial charge >= 0.3 is 0 Å². The van der Waals surface area contributed by atoms with Crippen LogP contribution in [0.5, 0.6) is 5.75 Å². The molecule has 0 aromatic heterocycles. The molecule has 3 aliphatic heterocycles. The Kier molecular flexibility index (Phi) is 7.67. The van der Waals surface area contributed by atoms with Crippen LogP contribution in [0.3, 0.4) is 0 Å². The summed E-state index contributed by atoms with van der Waals surface area (Å²) in [5, 5.41) is 2.98. The van der Waals surface area contributed by atoms with Crippen molar-refractivity contribution in [1.29, 1.82) is 0 Å². The van der Waals surface area contributed by atoms with E-state index in [1.165, 1.54) is 0 Å².